The van der Waals surface area contributed by atoms with Crippen LogP contribution in [0, 0.1) is 0 Å². The Morgan fingerprint density at radius 1 is 0.623 bits per heavy atom. The number of hydrogen-bond acceptors (Lipinski definition) is 19. The summed E-state index contributed by atoms with van der Waals surface area (Å²) in [6.07, 6.45) is 6.06. The summed E-state index contributed by atoms with van der Waals surface area (Å²) in [4.78, 5) is 51.9. The van der Waals surface area contributed by atoms with Crippen molar-refractivity contribution < 1.29 is 32.3 Å². The molecule has 4 aliphatic heterocycles. The average Bonchev–Trinajstić information content (AvgIpc) is 4.03. The zero-order chi connectivity index (χ0) is 49.0. The van der Waals surface area contributed by atoms with Gasteiger partial charge in [-0.15, -0.1) is 0 Å². The monoisotopic (exact) mass is 988 g/mol. The van der Waals surface area contributed by atoms with Crippen LogP contribution in [0.2, 0.25) is 0 Å². The number of nitrogens with two attached hydrogens (primary N) is 2. The summed E-state index contributed by atoms with van der Waals surface area (Å²) in [6.45, 7) is 14.6. The summed E-state index contributed by atoms with van der Waals surface area (Å²) in [5.41, 5.74) is 18.6. The Kier molecular flexibility index (Phi) is 18.2. The highest BCUT2D eigenvalue weighted by atomic mass is 31.2. The van der Waals surface area contributed by atoms with E-state index in [-0.39, 0.29) is 49.5 Å². The fourth-order valence-corrected chi connectivity index (χ4v) is 11.4. The van der Waals surface area contributed by atoms with Gasteiger partial charge in [-0.2, -0.15) is 19.9 Å². The molecule has 1 atom stereocenters. The number of ketones is 2. The third-order valence-corrected chi connectivity index (χ3v) is 16.4. The van der Waals surface area contributed by atoms with Gasteiger partial charge >= 0.3 is 7.60 Å². The van der Waals surface area contributed by atoms with Crippen molar-refractivity contribution in [3.8, 4) is 0 Å². The van der Waals surface area contributed by atoms with E-state index in [1.54, 1.807) is 20.5 Å². The number of anilines is 6. The maximum Gasteiger partial charge on any atom is 0.332 e. The first-order chi connectivity index (χ1) is 33.2. The van der Waals surface area contributed by atoms with E-state index in [2.05, 4.69) is 83.9 Å². The highest BCUT2D eigenvalue weighted by Gasteiger charge is 2.30. The SMILES string of the molecule is CCOP(=O)(CCNc1nc(N)c2c(n1)N(Cc1cccc(CN3CCCC3)c1)CC(=O)C2)OCC.COP(C)(=O)CCNc1nc(N)c2c(n1)N(Cc1cccc(CN3CCCC3)c1)CC(=O)C2. The molecule has 69 heavy (non-hydrogen) atoms. The first-order valence-corrected chi connectivity index (χ1v) is 28.1. The Labute approximate surface area is 406 Å². The van der Waals surface area contributed by atoms with Crippen LogP contribution in [0.3, 0.4) is 0 Å². The van der Waals surface area contributed by atoms with Crippen molar-refractivity contribution in [3.05, 3.63) is 81.9 Å². The van der Waals surface area contributed by atoms with E-state index in [4.69, 9.17) is 30.0 Å². The molecule has 2 fully saturated rings. The third kappa shape index (κ3) is 14.8. The fraction of sp³-hybridized carbons (Fsp3) is 0.542. The average molecular weight is 989 g/mol. The van der Waals surface area contributed by atoms with Crippen molar-refractivity contribution in [2.24, 2.45) is 0 Å². The predicted octanol–water partition coefficient (Wildman–Crippen LogP) is 6.22. The topological polar surface area (TPSA) is 237 Å². The zero-order valence-electron chi connectivity index (χ0n) is 40.7. The summed E-state index contributed by atoms with van der Waals surface area (Å²) in [5.74, 6) is 2.79. The molecule has 4 aliphatic rings. The molecule has 0 bridgehead atoms. The van der Waals surface area contributed by atoms with Crippen molar-refractivity contribution in [3.63, 3.8) is 0 Å². The third-order valence-electron chi connectivity index (χ3n) is 12.6. The van der Waals surface area contributed by atoms with Gasteiger partial charge in [0.1, 0.15) is 23.3 Å². The van der Waals surface area contributed by atoms with Crippen LogP contribution in [0.4, 0.5) is 35.2 Å². The Balaban J connectivity index is 0.000000205. The van der Waals surface area contributed by atoms with Gasteiger partial charge in [0.25, 0.3) is 0 Å². The lowest BCUT2D eigenvalue weighted by Crippen LogP contribution is -2.37. The summed E-state index contributed by atoms with van der Waals surface area (Å²) in [7, 11) is -4.37. The largest absolute Gasteiger partial charge is 0.383 e. The van der Waals surface area contributed by atoms with Crippen molar-refractivity contribution in [2.45, 2.75) is 78.6 Å². The molecule has 2 aromatic carbocycles. The van der Waals surface area contributed by atoms with E-state index in [1.165, 1.54) is 43.9 Å². The molecule has 0 aliphatic carbocycles. The number of carbonyl (C=O) groups excluding carboxylic acids is 2. The van der Waals surface area contributed by atoms with Gasteiger partial charge in [0.2, 0.25) is 19.3 Å². The molecule has 6 N–H and O–H groups in total. The number of hydrogen-bond donors (Lipinski definition) is 4. The van der Waals surface area contributed by atoms with E-state index in [0.29, 0.717) is 86.0 Å². The highest BCUT2D eigenvalue weighted by Crippen LogP contribution is 2.47. The lowest BCUT2D eigenvalue weighted by atomic mass is 10.0. The number of fused-ring (bicyclic) bond motifs is 2. The van der Waals surface area contributed by atoms with Crippen LogP contribution in [0.1, 0.15) is 72.9 Å². The second kappa shape index (κ2) is 24.2. The zero-order valence-corrected chi connectivity index (χ0v) is 42.4. The van der Waals surface area contributed by atoms with Crippen LogP contribution in [-0.4, -0.2) is 133 Å². The number of nitrogens with one attached hydrogen (secondary N) is 2. The first-order valence-electron chi connectivity index (χ1n) is 24.2. The summed E-state index contributed by atoms with van der Waals surface area (Å²) >= 11 is 0. The molecule has 1 unspecified atom stereocenters. The van der Waals surface area contributed by atoms with Gasteiger partial charge in [0.15, 0.2) is 11.6 Å². The minimum Gasteiger partial charge on any atom is -0.383 e. The minimum atomic E-state index is -3.18. The van der Waals surface area contributed by atoms with Crippen LogP contribution in [0.5, 0.6) is 0 Å². The predicted molar refractivity (Wildman–Crippen MR) is 272 cm³/mol. The van der Waals surface area contributed by atoms with Gasteiger partial charge in [-0.25, -0.2) is 0 Å². The standard InChI is InChI=1S/C25H37N6O4P.C23H33N6O3P/c1-3-34-36(33,35-4-2)13-10-27-25-28-23(26)22-15-21(32)18-31(24(22)29-25)17-20-9-7-8-19(14-20)16-30-11-5-6-12-30;1-32-33(2,31)11-8-25-23-26-21(24)20-13-19(30)16-29(22(20)27-23)15-18-7-5-6-17(12-18)14-28-9-3-4-10-28/h7-9,14H,3-6,10-13,15-18H2,1-2H3,(H3,26,27,28,29);5-7,12H,3-4,8-11,13-16H2,1-2H3,(H3,24,25,26,27). The van der Waals surface area contributed by atoms with Crippen LogP contribution >= 0.6 is 15.0 Å². The van der Waals surface area contributed by atoms with Crippen LogP contribution in [0.25, 0.3) is 0 Å². The van der Waals surface area contributed by atoms with E-state index < -0.39 is 15.0 Å². The molecule has 0 spiro atoms. The van der Waals surface area contributed by atoms with Gasteiger partial charge in [0, 0.05) is 83.2 Å². The molecule has 374 valence electrons. The van der Waals surface area contributed by atoms with Gasteiger partial charge in [-0.05, 0) is 88.0 Å². The molecule has 0 amide bonds. The first kappa shape index (κ1) is 51.8. The lowest BCUT2D eigenvalue weighted by molar-refractivity contribution is -0.118. The summed E-state index contributed by atoms with van der Waals surface area (Å²) in [6, 6.07) is 17.0. The molecule has 21 heteroatoms. The molecule has 2 aromatic heterocycles. The summed E-state index contributed by atoms with van der Waals surface area (Å²) < 4.78 is 40.6. The van der Waals surface area contributed by atoms with Crippen molar-refractivity contribution in [1.29, 1.82) is 0 Å². The maximum atomic E-state index is 12.7. The number of nitrogens with zero attached hydrogens (tertiary/aromatic N) is 8. The van der Waals surface area contributed by atoms with E-state index in [1.807, 2.05) is 9.80 Å². The number of nitrogen functional groups attached to an aromatic ring is 2. The minimum absolute atomic E-state index is 0.0843. The number of likely N-dealkylation sites (tertiary alicyclic amines) is 2. The number of carbonyl (C=O) groups is 2. The van der Waals surface area contributed by atoms with Crippen molar-refractivity contribution >= 4 is 61.7 Å². The van der Waals surface area contributed by atoms with Crippen molar-refractivity contribution in [1.82, 2.24) is 29.7 Å². The van der Waals surface area contributed by atoms with E-state index in [0.717, 1.165) is 50.4 Å². The number of benzene rings is 2. The van der Waals surface area contributed by atoms with Gasteiger partial charge in [-0.1, -0.05) is 48.5 Å². The molecule has 0 radical (unpaired) electrons. The van der Waals surface area contributed by atoms with E-state index in [9.17, 15) is 18.7 Å². The highest BCUT2D eigenvalue weighted by molar-refractivity contribution is 7.58. The number of Topliss-reactive ketones (excluding diaryl/α,β-unsaturated/α-hetero) is 2. The lowest BCUT2D eigenvalue weighted by Gasteiger charge is -2.30. The molecule has 8 rings (SSSR count). The molecule has 6 heterocycles. The maximum absolute atomic E-state index is 12.7. The summed E-state index contributed by atoms with van der Waals surface area (Å²) in [5, 5.41) is 6.20. The van der Waals surface area contributed by atoms with E-state index >= 15 is 0 Å². The normalized spacial score (nSPS) is 17.3. The fourth-order valence-electron chi connectivity index (χ4n) is 9.16. The molecular formula is C48H70N12O7P2. The number of aromatic nitrogens is 4. The van der Waals surface area contributed by atoms with Crippen LogP contribution < -0.4 is 31.9 Å². The molecule has 4 aromatic rings. The van der Waals surface area contributed by atoms with Crippen LogP contribution in [0.15, 0.2) is 48.5 Å². The number of rotatable bonds is 21. The van der Waals surface area contributed by atoms with Gasteiger partial charge in [-0.3, -0.25) is 28.5 Å². The van der Waals surface area contributed by atoms with Crippen molar-refractivity contribution in [2.75, 3.05) is 124 Å². The Bertz CT molecular complexity index is 2490. The second-order valence-electron chi connectivity index (χ2n) is 18.2. The Hall–Kier alpha value is -5.00. The Morgan fingerprint density at radius 2 is 1.03 bits per heavy atom. The second-order valence-corrected chi connectivity index (χ2v) is 23.2. The molecular weight excluding hydrogens is 919 g/mol. The molecule has 2 saturated heterocycles. The smallest absolute Gasteiger partial charge is 0.332 e. The van der Waals surface area contributed by atoms with Gasteiger partial charge < -0.3 is 45.5 Å². The quantitative estimate of drug-likeness (QED) is 0.0678. The molecule has 19 nitrogen and oxygen atoms in total. The van der Waals surface area contributed by atoms with Crippen LogP contribution in [-0.2, 0) is 71.3 Å². The van der Waals surface area contributed by atoms with Gasteiger partial charge in [0.05, 0.1) is 32.5 Å². The Morgan fingerprint density at radius 3 is 1.43 bits per heavy atom. The molecule has 0 saturated carbocycles.